The van der Waals surface area contributed by atoms with Gasteiger partial charge in [-0.1, -0.05) is 35.9 Å². The molecule has 0 atom stereocenters. The number of ether oxygens (including phenoxy) is 1. The van der Waals surface area contributed by atoms with E-state index >= 15 is 0 Å². The van der Waals surface area contributed by atoms with Crippen LogP contribution in [0.2, 0.25) is 0 Å². The van der Waals surface area contributed by atoms with E-state index in [1.165, 1.54) is 19.7 Å². The van der Waals surface area contributed by atoms with Crippen molar-refractivity contribution in [2.75, 3.05) is 20.7 Å². The molecule has 2 amide bonds. The van der Waals surface area contributed by atoms with Crippen molar-refractivity contribution in [3.63, 3.8) is 0 Å². The minimum Gasteiger partial charge on any atom is -0.444 e. The van der Waals surface area contributed by atoms with E-state index in [4.69, 9.17) is 4.74 Å². The number of hydrogen-bond donors (Lipinski definition) is 1. The van der Waals surface area contributed by atoms with Crippen molar-refractivity contribution in [1.82, 2.24) is 10.4 Å². The first-order valence-electron chi connectivity index (χ1n) is 6.95. The molecule has 0 heterocycles. The van der Waals surface area contributed by atoms with Crippen molar-refractivity contribution < 1.29 is 19.2 Å². The number of likely N-dealkylation sites (N-methyl/N-ethyl adjacent to an activating group) is 1. The first kappa shape index (κ1) is 19.9. The van der Waals surface area contributed by atoms with Crippen LogP contribution in [-0.2, 0) is 14.4 Å². The van der Waals surface area contributed by atoms with Crippen LogP contribution in [0.15, 0.2) is 30.3 Å². The smallest absolute Gasteiger partial charge is 0.408 e. The van der Waals surface area contributed by atoms with Crippen LogP contribution in [0.1, 0.15) is 26.3 Å². The van der Waals surface area contributed by atoms with Gasteiger partial charge in [0.2, 0.25) is 0 Å². The van der Waals surface area contributed by atoms with E-state index in [1.54, 1.807) is 20.8 Å². The van der Waals surface area contributed by atoms with Gasteiger partial charge in [-0.2, -0.15) is 0 Å². The van der Waals surface area contributed by atoms with Crippen LogP contribution in [0.4, 0.5) is 4.79 Å². The van der Waals surface area contributed by atoms with Gasteiger partial charge in [0.15, 0.2) is 0 Å². The maximum absolute atomic E-state index is 11.2. The molecule has 6 nitrogen and oxygen atoms in total. The number of rotatable bonds is 3. The highest BCUT2D eigenvalue weighted by atomic mass is 16.7. The van der Waals surface area contributed by atoms with Crippen LogP contribution >= 0.6 is 0 Å². The van der Waals surface area contributed by atoms with E-state index in [2.05, 4.69) is 29.2 Å². The fourth-order valence-electron chi connectivity index (χ4n) is 1.21. The van der Waals surface area contributed by atoms with Crippen molar-refractivity contribution in [2.45, 2.75) is 33.3 Å². The molecule has 0 unspecified atom stereocenters. The summed E-state index contributed by atoms with van der Waals surface area (Å²) in [5, 5.41) is 3.35. The number of carbonyl (C=O) groups is 2. The van der Waals surface area contributed by atoms with Crippen LogP contribution in [0.5, 0.6) is 0 Å². The molecule has 0 spiro atoms. The highest BCUT2D eigenvalue weighted by Crippen LogP contribution is 2.06. The first-order chi connectivity index (χ1) is 10.2. The standard InChI is InChI=1S/C9H18N2O4.C7H8/c1-9(2,3)15-8(13)10-6-7(12)11(4)14-5;1-7-5-3-2-4-6-7/h6H2,1-5H3,(H,10,13);2-6H,1H3. The second-order valence-electron chi connectivity index (χ2n) is 5.58. The number of amides is 2. The largest absolute Gasteiger partial charge is 0.444 e. The number of carbonyl (C=O) groups excluding carboxylic acids is 2. The summed E-state index contributed by atoms with van der Waals surface area (Å²) >= 11 is 0. The molecule has 124 valence electrons. The Labute approximate surface area is 132 Å². The molecule has 1 N–H and O–H groups in total. The van der Waals surface area contributed by atoms with E-state index < -0.39 is 11.7 Å². The van der Waals surface area contributed by atoms with E-state index in [9.17, 15) is 9.59 Å². The second kappa shape index (κ2) is 9.78. The first-order valence-corrected chi connectivity index (χ1v) is 6.95. The van der Waals surface area contributed by atoms with Gasteiger partial charge in [0, 0.05) is 7.05 Å². The molecule has 1 rings (SSSR count). The average Bonchev–Trinajstić information content (AvgIpc) is 2.43. The van der Waals surface area contributed by atoms with Gasteiger partial charge in [-0.05, 0) is 27.7 Å². The molecule has 6 heteroatoms. The topological polar surface area (TPSA) is 67.9 Å². The number of nitrogens with one attached hydrogen (secondary N) is 1. The van der Waals surface area contributed by atoms with Crippen molar-refractivity contribution in [2.24, 2.45) is 0 Å². The minimum atomic E-state index is -0.625. The average molecular weight is 310 g/mol. The monoisotopic (exact) mass is 310 g/mol. The third-order valence-corrected chi connectivity index (χ3v) is 2.35. The van der Waals surface area contributed by atoms with Crippen LogP contribution in [0.3, 0.4) is 0 Å². The van der Waals surface area contributed by atoms with Crippen molar-refractivity contribution in [3.8, 4) is 0 Å². The molecule has 0 radical (unpaired) electrons. The quantitative estimate of drug-likeness (QED) is 0.871. The second-order valence-corrected chi connectivity index (χ2v) is 5.58. The summed E-state index contributed by atoms with van der Waals surface area (Å²) < 4.78 is 4.94. The Kier molecular flexibility index (Phi) is 8.86. The molecule has 1 aromatic rings. The molecule has 0 saturated heterocycles. The zero-order chi connectivity index (χ0) is 17.2. The Bertz CT molecular complexity index is 455. The van der Waals surface area contributed by atoms with E-state index in [-0.39, 0.29) is 12.5 Å². The summed E-state index contributed by atoms with van der Waals surface area (Å²) in [7, 11) is 2.82. The maximum atomic E-state index is 11.2. The molecule has 0 bridgehead atoms. The Morgan fingerprint density at radius 2 is 1.73 bits per heavy atom. The lowest BCUT2D eigenvalue weighted by molar-refractivity contribution is -0.167. The fourth-order valence-corrected chi connectivity index (χ4v) is 1.21. The zero-order valence-electron chi connectivity index (χ0n) is 14.2. The third kappa shape index (κ3) is 10.7. The van der Waals surface area contributed by atoms with E-state index in [1.807, 2.05) is 18.2 Å². The van der Waals surface area contributed by atoms with Gasteiger partial charge in [0.25, 0.3) is 5.91 Å². The lowest BCUT2D eigenvalue weighted by atomic mass is 10.2. The molecule has 0 saturated carbocycles. The highest BCUT2D eigenvalue weighted by Gasteiger charge is 2.17. The Morgan fingerprint density at radius 3 is 2.09 bits per heavy atom. The number of nitrogens with zero attached hydrogens (tertiary/aromatic N) is 1. The molecule has 0 aliphatic carbocycles. The molecular weight excluding hydrogens is 284 g/mol. The molecule has 0 aliphatic rings. The Morgan fingerprint density at radius 1 is 1.18 bits per heavy atom. The van der Waals surface area contributed by atoms with Gasteiger partial charge in [-0.15, -0.1) is 0 Å². The lowest BCUT2D eigenvalue weighted by Crippen LogP contribution is -2.40. The van der Waals surface area contributed by atoms with Gasteiger partial charge in [0.05, 0.1) is 7.11 Å². The minimum absolute atomic E-state index is 0.154. The van der Waals surface area contributed by atoms with Gasteiger partial charge in [0.1, 0.15) is 12.1 Å². The summed E-state index contributed by atoms with van der Waals surface area (Å²) in [4.78, 5) is 26.9. The fraction of sp³-hybridized carbons (Fsp3) is 0.500. The van der Waals surface area contributed by atoms with Crippen molar-refractivity contribution >= 4 is 12.0 Å². The van der Waals surface area contributed by atoms with Crippen molar-refractivity contribution in [1.29, 1.82) is 0 Å². The summed E-state index contributed by atoms with van der Waals surface area (Å²) in [5.41, 5.74) is 0.753. The van der Waals surface area contributed by atoms with Crippen LogP contribution < -0.4 is 5.32 Å². The molecule has 0 fully saturated rings. The number of alkyl carbamates (subject to hydrolysis) is 1. The van der Waals surface area contributed by atoms with Gasteiger partial charge in [-0.25, -0.2) is 9.86 Å². The molecule has 22 heavy (non-hydrogen) atoms. The predicted molar refractivity (Wildman–Crippen MR) is 85.2 cm³/mol. The summed E-state index contributed by atoms with van der Waals surface area (Å²) in [5.74, 6) is -0.358. The predicted octanol–water partition coefficient (Wildman–Crippen LogP) is 2.53. The molecule has 0 aliphatic heterocycles. The van der Waals surface area contributed by atoms with Crippen LogP contribution in [-0.4, -0.2) is 43.4 Å². The number of hydrogen-bond acceptors (Lipinski definition) is 4. The van der Waals surface area contributed by atoms with Crippen LogP contribution in [0, 0.1) is 6.92 Å². The number of hydroxylamine groups is 2. The van der Waals surface area contributed by atoms with Crippen molar-refractivity contribution in [3.05, 3.63) is 35.9 Å². The Balaban J connectivity index is 0.000000518. The summed E-state index contributed by atoms with van der Waals surface area (Å²) in [6.45, 7) is 7.17. The molecule has 1 aromatic carbocycles. The summed E-state index contributed by atoms with van der Waals surface area (Å²) in [6, 6.07) is 10.3. The van der Waals surface area contributed by atoms with E-state index in [0.717, 1.165) is 5.06 Å². The van der Waals surface area contributed by atoms with Gasteiger partial charge in [-0.3, -0.25) is 9.63 Å². The third-order valence-electron chi connectivity index (χ3n) is 2.35. The zero-order valence-corrected chi connectivity index (χ0v) is 14.2. The van der Waals surface area contributed by atoms with E-state index in [0.29, 0.717) is 0 Å². The van der Waals surface area contributed by atoms with Crippen LogP contribution in [0.25, 0.3) is 0 Å². The SMILES string of the molecule is CON(C)C(=O)CNC(=O)OC(C)(C)C.Cc1ccccc1. The number of benzene rings is 1. The number of aryl methyl sites for hydroxylation is 1. The molecule has 0 aromatic heterocycles. The maximum Gasteiger partial charge on any atom is 0.408 e. The Hall–Kier alpha value is -2.08. The highest BCUT2D eigenvalue weighted by molar-refractivity contribution is 5.81. The van der Waals surface area contributed by atoms with Gasteiger partial charge >= 0.3 is 6.09 Å². The lowest BCUT2D eigenvalue weighted by Gasteiger charge is -2.20. The van der Waals surface area contributed by atoms with Gasteiger partial charge < -0.3 is 10.1 Å². The molecular formula is C16H26N2O4. The summed E-state index contributed by atoms with van der Waals surface area (Å²) in [6.07, 6.45) is -0.625. The normalized spacial score (nSPS) is 10.1.